The lowest BCUT2D eigenvalue weighted by atomic mass is 10.1. The Balaban J connectivity index is 1.36. The summed E-state index contributed by atoms with van der Waals surface area (Å²) in [5.41, 5.74) is 4.42. The maximum absolute atomic E-state index is 13.9. The molecule has 2 amide bonds. The minimum Gasteiger partial charge on any atom is -0.385 e. The molecule has 0 fully saturated rings. The normalized spacial score (nSPS) is 10.5. The summed E-state index contributed by atoms with van der Waals surface area (Å²) in [5.74, 6) is -1.48. The zero-order chi connectivity index (χ0) is 24.6. The Morgan fingerprint density at radius 2 is 1.43 bits per heavy atom. The highest BCUT2D eigenvalue weighted by Crippen LogP contribution is 2.21. The number of hydrogen-bond donors (Lipinski definition) is 3. The minimum atomic E-state index is -0.602. The van der Waals surface area contributed by atoms with Crippen molar-refractivity contribution in [3.05, 3.63) is 125 Å². The van der Waals surface area contributed by atoms with Gasteiger partial charge in [0.2, 0.25) is 0 Å². The van der Waals surface area contributed by atoms with Crippen LogP contribution in [0.15, 0.2) is 97.1 Å². The van der Waals surface area contributed by atoms with E-state index in [1.807, 2.05) is 49.4 Å². The standard InChI is InChI=1S/C29H26FN3O2/c1-20-11-12-22(19-27(20)33-29(35)25-9-5-6-10-26(25)30)28(34)32-24-15-13-23(14-16-24)31-18-17-21-7-3-2-4-8-21/h2-16,19,31H,17-18H2,1H3,(H,32,34)(H,33,35). The van der Waals surface area contributed by atoms with Crippen molar-refractivity contribution < 1.29 is 14.0 Å². The van der Waals surface area contributed by atoms with Crippen molar-refractivity contribution in [3.63, 3.8) is 0 Å². The second-order valence-electron chi connectivity index (χ2n) is 8.16. The third-order valence-electron chi connectivity index (χ3n) is 5.59. The van der Waals surface area contributed by atoms with E-state index in [9.17, 15) is 14.0 Å². The highest BCUT2D eigenvalue weighted by Gasteiger charge is 2.14. The van der Waals surface area contributed by atoms with Crippen LogP contribution in [-0.2, 0) is 6.42 Å². The lowest BCUT2D eigenvalue weighted by molar-refractivity contribution is 0.101. The Hall–Kier alpha value is -4.45. The van der Waals surface area contributed by atoms with Gasteiger partial charge < -0.3 is 16.0 Å². The van der Waals surface area contributed by atoms with Crippen molar-refractivity contribution in [1.29, 1.82) is 0 Å². The summed E-state index contributed by atoms with van der Waals surface area (Å²) in [7, 11) is 0. The van der Waals surface area contributed by atoms with Crippen LogP contribution in [0.2, 0.25) is 0 Å². The summed E-state index contributed by atoms with van der Waals surface area (Å²) in [6.45, 7) is 2.61. The van der Waals surface area contributed by atoms with E-state index in [0.29, 0.717) is 16.9 Å². The maximum Gasteiger partial charge on any atom is 0.258 e. The molecule has 0 radical (unpaired) electrons. The lowest BCUT2D eigenvalue weighted by Crippen LogP contribution is -2.16. The molecule has 0 heterocycles. The van der Waals surface area contributed by atoms with Crippen LogP contribution in [0.1, 0.15) is 31.8 Å². The first-order valence-corrected chi connectivity index (χ1v) is 11.4. The molecule has 3 N–H and O–H groups in total. The van der Waals surface area contributed by atoms with Crippen molar-refractivity contribution >= 4 is 28.9 Å². The monoisotopic (exact) mass is 467 g/mol. The van der Waals surface area contributed by atoms with Gasteiger partial charge in [0.1, 0.15) is 5.82 Å². The highest BCUT2D eigenvalue weighted by atomic mass is 19.1. The molecule has 0 aliphatic rings. The molecule has 0 bridgehead atoms. The smallest absolute Gasteiger partial charge is 0.258 e. The van der Waals surface area contributed by atoms with Gasteiger partial charge in [-0.25, -0.2) is 4.39 Å². The molecule has 4 aromatic rings. The van der Waals surface area contributed by atoms with Gasteiger partial charge in [-0.15, -0.1) is 0 Å². The molecule has 176 valence electrons. The number of carbonyl (C=O) groups is 2. The van der Waals surface area contributed by atoms with E-state index in [1.165, 1.54) is 23.8 Å². The van der Waals surface area contributed by atoms with Crippen LogP contribution in [0.3, 0.4) is 0 Å². The summed E-state index contributed by atoms with van der Waals surface area (Å²) >= 11 is 0. The van der Waals surface area contributed by atoms with E-state index in [4.69, 9.17) is 0 Å². The fourth-order valence-electron chi connectivity index (χ4n) is 3.60. The van der Waals surface area contributed by atoms with Gasteiger partial charge in [-0.05, 0) is 73.0 Å². The summed E-state index contributed by atoms with van der Waals surface area (Å²) in [5, 5.41) is 8.94. The predicted molar refractivity (Wildman–Crippen MR) is 139 cm³/mol. The van der Waals surface area contributed by atoms with Crippen LogP contribution >= 0.6 is 0 Å². The topological polar surface area (TPSA) is 70.2 Å². The van der Waals surface area contributed by atoms with Crippen LogP contribution in [0, 0.1) is 12.7 Å². The first-order valence-electron chi connectivity index (χ1n) is 11.4. The van der Waals surface area contributed by atoms with Crippen molar-refractivity contribution in [3.8, 4) is 0 Å². The molecule has 6 heteroatoms. The van der Waals surface area contributed by atoms with E-state index in [2.05, 4.69) is 28.1 Å². The number of hydrogen-bond acceptors (Lipinski definition) is 3. The Kier molecular flexibility index (Phi) is 7.53. The van der Waals surface area contributed by atoms with Crippen molar-refractivity contribution in [1.82, 2.24) is 0 Å². The molecule has 0 aliphatic carbocycles. The Bertz CT molecular complexity index is 1320. The fourth-order valence-corrected chi connectivity index (χ4v) is 3.60. The first-order chi connectivity index (χ1) is 17.0. The van der Waals surface area contributed by atoms with Crippen LogP contribution in [0.4, 0.5) is 21.5 Å². The number of amides is 2. The molecule has 35 heavy (non-hydrogen) atoms. The number of nitrogens with one attached hydrogen (secondary N) is 3. The fraction of sp³-hybridized carbons (Fsp3) is 0.103. The molecule has 0 saturated heterocycles. The molecule has 5 nitrogen and oxygen atoms in total. The molecule has 4 aromatic carbocycles. The minimum absolute atomic E-state index is 0.0563. The van der Waals surface area contributed by atoms with Crippen molar-refractivity contribution in [2.45, 2.75) is 13.3 Å². The summed E-state index contributed by atoms with van der Waals surface area (Å²) in [6, 6.07) is 28.5. The number of aryl methyl sites for hydroxylation is 1. The first kappa shape index (κ1) is 23.7. The molecule has 0 unspecified atom stereocenters. The predicted octanol–water partition coefficient (Wildman–Crippen LogP) is 6.29. The molecule has 0 aliphatic heterocycles. The lowest BCUT2D eigenvalue weighted by Gasteiger charge is -2.12. The van der Waals surface area contributed by atoms with Crippen LogP contribution in [0.25, 0.3) is 0 Å². The van der Waals surface area contributed by atoms with Crippen LogP contribution < -0.4 is 16.0 Å². The number of carbonyl (C=O) groups excluding carboxylic acids is 2. The Morgan fingerprint density at radius 1 is 0.743 bits per heavy atom. The summed E-state index contributed by atoms with van der Waals surface area (Å²) < 4.78 is 13.9. The zero-order valence-corrected chi connectivity index (χ0v) is 19.3. The third kappa shape index (κ3) is 6.32. The molecule has 0 saturated carbocycles. The average Bonchev–Trinajstić information content (AvgIpc) is 2.87. The van der Waals surface area contributed by atoms with Crippen LogP contribution in [0.5, 0.6) is 0 Å². The van der Waals surface area contributed by atoms with E-state index < -0.39 is 11.7 Å². The van der Waals surface area contributed by atoms with Gasteiger partial charge in [-0.3, -0.25) is 9.59 Å². The zero-order valence-electron chi connectivity index (χ0n) is 19.3. The molecule has 0 aromatic heterocycles. The largest absolute Gasteiger partial charge is 0.385 e. The van der Waals surface area contributed by atoms with Gasteiger partial charge in [0.15, 0.2) is 0 Å². The SMILES string of the molecule is Cc1ccc(C(=O)Nc2ccc(NCCc3ccccc3)cc2)cc1NC(=O)c1ccccc1F. The molecule has 0 spiro atoms. The second kappa shape index (κ2) is 11.1. The highest BCUT2D eigenvalue weighted by molar-refractivity contribution is 6.08. The summed E-state index contributed by atoms with van der Waals surface area (Å²) in [4.78, 5) is 25.3. The Morgan fingerprint density at radius 3 is 2.17 bits per heavy atom. The number of rotatable bonds is 8. The van der Waals surface area contributed by atoms with Crippen LogP contribution in [-0.4, -0.2) is 18.4 Å². The van der Waals surface area contributed by atoms with Gasteiger partial charge in [-0.1, -0.05) is 48.5 Å². The van der Waals surface area contributed by atoms with Gasteiger partial charge >= 0.3 is 0 Å². The average molecular weight is 468 g/mol. The van der Waals surface area contributed by atoms with E-state index in [-0.39, 0.29) is 11.5 Å². The van der Waals surface area contributed by atoms with Gasteiger partial charge in [0.05, 0.1) is 5.56 Å². The van der Waals surface area contributed by atoms with Crippen molar-refractivity contribution in [2.24, 2.45) is 0 Å². The van der Waals surface area contributed by atoms with Gasteiger partial charge in [-0.2, -0.15) is 0 Å². The molecular weight excluding hydrogens is 441 g/mol. The van der Waals surface area contributed by atoms with Crippen molar-refractivity contribution in [2.75, 3.05) is 22.5 Å². The molecular formula is C29H26FN3O2. The van der Waals surface area contributed by atoms with Gasteiger partial charge in [0.25, 0.3) is 11.8 Å². The molecule has 0 atom stereocenters. The quantitative estimate of drug-likeness (QED) is 0.285. The number of benzene rings is 4. The molecule has 4 rings (SSSR count). The third-order valence-corrected chi connectivity index (χ3v) is 5.59. The number of halogens is 1. The number of anilines is 3. The second-order valence-corrected chi connectivity index (χ2v) is 8.16. The van der Waals surface area contributed by atoms with Gasteiger partial charge in [0, 0.05) is 29.2 Å². The van der Waals surface area contributed by atoms with E-state index >= 15 is 0 Å². The Labute approximate surface area is 204 Å². The summed E-state index contributed by atoms with van der Waals surface area (Å²) in [6.07, 6.45) is 0.919. The van der Waals surface area contributed by atoms with E-state index in [0.717, 1.165) is 24.2 Å². The van der Waals surface area contributed by atoms with E-state index in [1.54, 1.807) is 24.3 Å². The maximum atomic E-state index is 13.9.